The second kappa shape index (κ2) is 15.4. The molecule has 2 saturated heterocycles. The number of hydrogen-bond acceptors (Lipinski definition) is 12. The van der Waals surface area contributed by atoms with Crippen molar-refractivity contribution in [2.24, 2.45) is 0 Å². The van der Waals surface area contributed by atoms with Crippen molar-refractivity contribution < 1.29 is 18.9 Å². The molecule has 2 aliphatic rings. The minimum absolute atomic E-state index is 0.103. The van der Waals surface area contributed by atoms with Gasteiger partial charge in [0.25, 0.3) is 0 Å². The van der Waals surface area contributed by atoms with Gasteiger partial charge in [-0.3, -0.25) is 0 Å². The lowest BCUT2D eigenvalue weighted by atomic mass is 10.1. The number of methoxy groups -OCH3 is 2. The fourth-order valence-corrected chi connectivity index (χ4v) is 4.83. The molecule has 0 spiro atoms. The Morgan fingerprint density at radius 1 is 0.636 bits per heavy atom. The Kier molecular flexibility index (Phi) is 10.9. The molecule has 0 aliphatic carbocycles. The van der Waals surface area contributed by atoms with Crippen molar-refractivity contribution in [2.75, 3.05) is 64.2 Å². The number of nitrogens with one attached hydrogen (secondary N) is 4. The molecule has 0 bridgehead atoms. The van der Waals surface area contributed by atoms with Gasteiger partial charge in [-0.1, -0.05) is 24.3 Å². The smallest absolute Gasteiger partial charge is 0.233 e. The van der Waals surface area contributed by atoms with Gasteiger partial charge in [-0.15, -0.1) is 0 Å². The van der Waals surface area contributed by atoms with Gasteiger partial charge >= 0.3 is 0 Å². The van der Waals surface area contributed by atoms with E-state index in [0.29, 0.717) is 23.7 Å². The molecule has 44 heavy (non-hydrogen) atoms. The molecule has 0 unspecified atom stereocenters. The highest BCUT2D eigenvalue weighted by Gasteiger charge is 2.16. The molecule has 4 heterocycles. The summed E-state index contributed by atoms with van der Waals surface area (Å²) in [5, 5.41) is 13.0. The number of hydrogen-bond donors (Lipinski definition) is 4. The van der Waals surface area contributed by atoms with Gasteiger partial charge in [-0.2, -0.15) is 9.97 Å². The summed E-state index contributed by atoms with van der Waals surface area (Å²) in [5.41, 5.74) is 6.12. The lowest BCUT2D eigenvalue weighted by Crippen LogP contribution is -2.33. The van der Waals surface area contributed by atoms with Crippen molar-refractivity contribution in [3.05, 3.63) is 83.2 Å². The van der Waals surface area contributed by atoms with Crippen molar-refractivity contribution in [1.29, 1.82) is 0 Å². The van der Waals surface area contributed by atoms with Gasteiger partial charge in [0.15, 0.2) is 0 Å². The summed E-state index contributed by atoms with van der Waals surface area (Å²) in [5.74, 6) is 1.94. The molecule has 12 heteroatoms. The average molecular weight is 601 g/mol. The third kappa shape index (κ3) is 8.83. The molecule has 2 aliphatic heterocycles. The molecular weight excluding hydrogens is 560 g/mol. The molecular formula is C32H40N8O4. The van der Waals surface area contributed by atoms with Crippen LogP contribution < -0.4 is 30.7 Å². The SMILES string of the molecule is COc1cc(OC)nc(Nc2ccc([C@@H]3CNCCO3)cc2)n1.Cc1cc(C)nc(Nc2ccc([C@@H]3CNCCO3)cc2)n1. The van der Waals surface area contributed by atoms with Crippen LogP contribution >= 0.6 is 0 Å². The van der Waals surface area contributed by atoms with Crippen molar-refractivity contribution >= 4 is 23.3 Å². The molecule has 0 amide bonds. The molecule has 0 saturated carbocycles. The summed E-state index contributed by atoms with van der Waals surface area (Å²) < 4.78 is 21.8. The zero-order valence-corrected chi connectivity index (χ0v) is 25.6. The van der Waals surface area contributed by atoms with E-state index in [0.717, 1.165) is 67.7 Å². The van der Waals surface area contributed by atoms with Gasteiger partial charge in [0.2, 0.25) is 23.7 Å². The summed E-state index contributed by atoms with van der Waals surface area (Å²) in [6.45, 7) is 8.98. The van der Waals surface area contributed by atoms with Crippen LogP contribution in [0.3, 0.4) is 0 Å². The number of ether oxygens (including phenoxy) is 4. The molecule has 232 valence electrons. The van der Waals surface area contributed by atoms with Crippen molar-refractivity contribution in [1.82, 2.24) is 30.6 Å². The Hall–Kier alpha value is -4.36. The molecule has 2 fully saturated rings. The number of anilines is 4. The summed E-state index contributed by atoms with van der Waals surface area (Å²) in [7, 11) is 3.11. The Morgan fingerprint density at radius 2 is 1.07 bits per heavy atom. The van der Waals surface area contributed by atoms with Crippen LogP contribution in [0.25, 0.3) is 0 Å². The summed E-state index contributed by atoms with van der Waals surface area (Å²) in [4.78, 5) is 17.3. The minimum atomic E-state index is 0.103. The van der Waals surface area contributed by atoms with Gasteiger partial charge in [-0.05, 0) is 55.3 Å². The Labute approximate surface area is 258 Å². The van der Waals surface area contributed by atoms with Crippen molar-refractivity contribution in [3.63, 3.8) is 0 Å². The normalized spacial score (nSPS) is 18.0. The van der Waals surface area contributed by atoms with Crippen molar-refractivity contribution in [2.45, 2.75) is 26.1 Å². The van der Waals surface area contributed by atoms with E-state index in [1.807, 2.05) is 56.3 Å². The number of benzene rings is 2. The third-order valence-electron chi connectivity index (χ3n) is 7.01. The predicted molar refractivity (Wildman–Crippen MR) is 169 cm³/mol. The van der Waals surface area contributed by atoms with Crippen LogP contribution in [0.4, 0.5) is 23.3 Å². The quantitative estimate of drug-likeness (QED) is 0.228. The average Bonchev–Trinajstić information content (AvgIpc) is 3.06. The molecule has 6 rings (SSSR count). The number of rotatable bonds is 8. The highest BCUT2D eigenvalue weighted by molar-refractivity contribution is 5.55. The van der Waals surface area contributed by atoms with Crippen LogP contribution in [0.2, 0.25) is 0 Å². The first-order valence-corrected chi connectivity index (χ1v) is 14.7. The second-order valence-electron chi connectivity index (χ2n) is 10.4. The number of aromatic nitrogens is 4. The second-order valence-corrected chi connectivity index (χ2v) is 10.4. The lowest BCUT2D eigenvalue weighted by Gasteiger charge is -2.24. The molecule has 2 aromatic carbocycles. The number of nitrogens with zero attached hydrogens (tertiary/aromatic N) is 4. The maximum absolute atomic E-state index is 5.75. The van der Waals surface area contributed by atoms with Gasteiger partial charge in [-0.25, -0.2) is 9.97 Å². The predicted octanol–water partition coefficient (Wildman–Crippen LogP) is 4.40. The summed E-state index contributed by atoms with van der Waals surface area (Å²) in [6.07, 6.45) is 0.247. The van der Waals surface area contributed by atoms with Crippen LogP contribution in [0.1, 0.15) is 34.7 Å². The van der Waals surface area contributed by atoms with E-state index in [4.69, 9.17) is 18.9 Å². The van der Waals surface area contributed by atoms with E-state index in [1.165, 1.54) is 5.56 Å². The maximum atomic E-state index is 5.75. The molecule has 2 atom stereocenters. The van der Waals surface area contributed by atoms with E-state index < -0.39 is 0 Å². The molecule has 4 aromatic rings. The van der Waals surface area contributed by atoms with Crippen LogP contribution in [-0.4, -0.2) is 73.5 Å². The van der Waals surface area contributed by atoms with E-state index in [-0.39, 0.29) is 12.2 Å². The highest BCUT2D eigenvalue weighted by Crippen LogP contribution is 2.24. The fourth-order valence-electron chi connectivity index (χ4n) is 4.83. The highest BCUT2D eigenvalue weighted by atomic mass is 16.5. The Morgan fingerprint density at radius 3 is 1.45 bits per heavy atom. The standard InChI is InChI=1S/C16H20N4O3.C16H20N4O/c1-21-14-9-15(22-2)20-16(19-14)18-12-5-3-11(4-6-12)13-10-17-7-8-23-13;1-11-9-12(2)19-16(18-11)20-14-5-3-13(4-6-14)15-10-17-7-8-21-15/h3-6,9,13,17H,7-8,10H2,1-2H3,(H,18,19,20);3-6,9,15,17H,7-8,10H2,1-2H3,(H,18,19,20)/t13-;15-/m00/s1. The zero-order chi connectivity index (χ0) is 30.7. The van der Waals surface area contributed by atoms with Gasteiger partial charge in [0, 0.05) is 48.9 Å². The largest absolute Gasteiger partial charge is 0.481 e. The third-order valence-corrected chi connectivity index (χ3v) is 7.01. The van der Waals surface area contributed by atoms with Crippen LogP contribution in [0.15, 0.2) is 60.7 Å². The topological polar surface area (TPSA) is 137 Å². The van der Waals surface area contributed by atoms with Gasteiger partial charge < -0.3 is 40.2 Å². The number of morpholine rings is 2. The zero-order valence-electron chi connectivity index (χ0n) is 25.6. The van der Waals surface area contributed by atoms with Gasteiger partial charge in [0.1, 0.15) is 0 Å². The molecule has 0 radical (unpaired) electrons. The number of aryl methyl sites for hydroxylation is 2. The van der Waals surface area contributed by atoms with E-state index in [1.54, 1.807) is 20.3 Å². The van der Waals surface area contributed by atoms with E-state index >= 15 is 0 Å². The first kappa shape index (κ1) is 31.1. The lowest BCUT2D eigenvalue weighted by molar-refractivity contribution is 0.0276. The van der Waals surface area contributed by atoms with Crippen LogP contribution in [0, 0.1) is 13.8 Å². The Balaban J connectivity index is 0.000000175. The first-order chi connectivity index (χ1) is 21.5. The van der Waals surface area contributed by atoms with Crippen molar-refractivity contribution in [3.8, 4) is 11.8 Å². The maximum Gasteiger partial charge on any atom is 0.233 e. The first-order valence-electron chi connectivity index (χ1n) is 14.7. The summed E-state index contributed by atoms with van der Waals surface area (Å²) >= 11 is 0. The van der Waals surface area contributed by atoms with E-state index in [2.05, 4.69) is 53.3 Å². The van der Waals surface area contributed by atoms with E-state index in [9.17, 15) is 0 Å². The minimum Gasteiger partial charge on any atom is -0.481 e. The summed E-state index contributed by atoms with van der Waals surface area (Å²) in [6, 6.07) is 19.9. The monoisotopic (exact) mass is 600 g/mol. The Bertz CT molecular complexity index is 1430. The molecule has 4 N–H and O–H groups in total. The fraction of sp³-hybridized carbons (Fsp3) is 0.375. The van der Waals surface area contributed by atoms with Gasteiger partial charge in [0.05, 0.1) is 45.7 Å². The molecule has 2 aromatic heterocycles. The molecule has 12 nitrogen and oxygen atoms in total. The van der Waals surface area contributed by atoms with Crippen LogP contribution in [-0.2, 0) is 9.47 Å². The van der Waals surface area contributed by atoms with Crippen LogP contribution in [0.5, 0.6) is 11.8 Å².